The molecule has 1 aromatic rings. The van der Waals surface area contributed by atoms with Crippen LogP contribution in [-0.4, -0.2) is 41.0 Å². The second kappa shape index (κ2) is 7.55. The first-order chi connectivity index (χ1) is 10.9. The van der Waals surface area contributed by atoms with Crippen molar-refractivity contribution in [3.8, 4) is 0 Å². The average molecular weight is 322 g/mol. The summed E-state index contributed by atoms with van der Waals surface area (Å²) >= 11 is 0. The number of hydrogen-bond donors (Lipinski definition) is 2. The Kier molecular flexibility index (Phi) is 5.71. The molecule has 2 amide bonds. The Hall–Kier alpha value is -1.95. The normalized spacial score (nSPS) is 18.3. The molecule has 1 heterocycles. The predicted molar refractivity (Wildman–Crippen MR) is 83.9 cm³/mol. The molecule has 2 N–H and O–H groups in total. The highest BCUT2D eigenvalue weighted by Crippen LogP contribution is 2.30. The number of rotatable bonds is 4. The maximum atomic E-state index is 12.9. The van der Waals surface area contributed by atoms with Crippen molar-refractivity contribution in [3.05, 3.63) is 35.6 Å². The molecule has 126 valence electrons. The van der Waals surface area contributed by atoms with Gasteiger partial charge >= 0.3 is 0 Å². The zero-order valence-corrected chi connectivity index (χ0v) is 13.5. The van der Waals surface area contributed by atoms with E-state index < -0.39 is 12.1 Å². The SMILES string of the molecule is CC(=O)NC(C)C(=O)N1CCC(C(O)c2ccc(F)cc2)CC1. The molecule has 2 atom stereocenters. The number of benzene rings is 1. The number of halogens is 1. The zero-order valence-electron chi connectivity index (χ0n) is 13.5. The maximum Gasteiger partial charge on any atom is 0.244 e. The van der Waals surface area contributed by atoms with Gasteiger partial charge in [-0.3, -0.25) is 9.59 Å². The monoisotopic (exact) mass is 322 g/mol. The lowest BCUT2D eigenvalue weighted by Crippen LogP contribution is -2.49. The molecule has 1 fully saturated rings. The number of amides is 2. The van der Waals surface area contributed by atoms with E-state index in [1.54, 1.807) is 24.0 Å². The largest absolute Gasteiger partial charge is 0.388 e. The summed E-state index contributed by atoms with van der Waals surface area (Å²) in [7, 11) is 0. The molecule has 0 radical (unpaired) electrons. The van der Waals surface area contributed by atoms with Crippen LogP contribution >= 0.6 is 0 Å². The van der Waals surface area contributed by atoms with E-state index in [2.05, 4.69) is 5.32 Å². The standard InChI is InChI=1S/C17H23FN2O3/c1-11(19-12(2)21)17(23)20-9-7-14(8-10-20)16(22)13-3-5-15(18)6-4-13/h3-6,11,14,16,22H,7-10H2,1-2H3,(H,19,21). The summed E-state index contributed by atoms with van der Waals surface area (Å²) in [5.74, 6) is -0.615. The molecule has 0 saturated carbocycles. The van der Waals surface area contributed by atoms with Gasteiger partial charge in [0.05, 0.1) is 6.10 Å². The Labute approximate surface area is 135 Å². The van der Waals surface area contributed by atoms with Gasteiger partial charge in [0.25, 0.3) is 0 Å². The molecule has 23 heavy (non-hydrogen) atoms. The Morgan fingerprint density at radius 3 is 2.35 bits per heavy atom. The molecule has 1 aliphatic heterocycles. The van der Waals surface area contributed by atoms with E-state index >= 15 is 0 Å². The lowest BCUT2D eigenvalue weighted by Gasteiger charge is -2.35. The van der Waals surface area contributed by atoms with Crippen molar-refractivity contribution in [2.75, 3.05) is 13.1 Å². The smallest absolute Gasteiger partial charge is 0.244 e. The van der Waals surface area contributed by atoms with Gasteiger partial charge in [0.15, 0.2) is 0 Å². The number of nitrogens with one attached hydrogen (secondary N) is 1. The van der Waals surface area contributed by atoms with Crippen molar-refractivity contribution in [2.24, 2.45) is 5.92 Å². The number of piperidine rings is 1. The van der Waals surface area contributed by atoms with E-state index in [0.29, 0.717) is 31.5 Å². The minimum absolute atomic E-state index is 0.0422. The summed E-state index contributed by atoms with van der Waals surface area (Å²) in [5.41, 5.74) is 0.697. The van der Waals surface area contributed by atoms with Crippen molar-refractivity contribution >= 4 is 11.8 Å². The van der Waals surface area contributed by atoms with E-state index in [4.69, 9.17) is 0 Å². The van der Waals surface area contributed by atoms with Gasteiger partial charge in [-0.1, -0.05) is 12.1 Å². The van der Waals surface area contributed by atoms with E-state index in [1.807, 2.05) is 0 Å². The van der Waals surface area contributed by atoms with Gasteiger partial charge in [0.2, 0.25) is 11.8 Å². The van der Waals surface area contributed by atoms with E-state index in [-0.39, 0.29) is 23.5 Å². The number of aliphatic hydroxyl groups excluding tert-OH is 1. The molecule has 0 bridgehead atoms. The third kappa shape index (κ3) is 4.51. The molecule has 0 spiro atoms. The number of likely N-dealkylation sites (tertiary alicyclic amines) is 1. The number of nitrogens with zero attached hydrogens (tertiary/aromatic N) is 1. The Balaban J connectivity index is 1.89. The third-order valence-corrected chi connectivity index (χ3v) is 4.30. The van der Waals surface area contributed by atoms with Crippen molar-refractivity contribution in [1.29, 1.82) is 0 Å². The first-order valence-corrected chi connectivity index (χ1v) is 7.88. The van der Waals surface area contributed by atoms with Crippen LogP contribution in [0.15, 0.2) is 24.3 Å². The molecule has 1 aliphatic rings. The highest BCUT2D eigenvalue weighted by molar-refractivity contribution is 5.86. The summed E-state index contributed by atoms with van der Waals surface area (Å²) in [6.07, 6.45) is 0.703. The van der Waals surface area contributed by atoms with Crippen LogP contribution in [0.3, 0.4) is 0 Å². The summed E-state index contributed by atoms with van der Waals surface area (Å²) < 4.78 is 12.9. The molecule has 0 aliphatic carbocycles. The fourth-order valence-corrected chi connectivity index (χ4v) is 3.01. The Morgan fingerprint density at radius 2 is 1.83 bits per heavy atom. The van der Waals surface area contributed by atoms with Gasteiger partial charge in [-0.15, -0.1) is 0 Å². The van der Waals surface area contributed by atoms with Gasteiger partial charge in [0, 0.05) is 20.0 Å². The van der Waals surface area contributed by atoms with Crippen LogP contribution in [0.1, 0.15) is 38.4 Å². The topological polar surface area (TPSA) is 69.6 Å². The highest BCUT2D eigenvalue weighted by Gasteiger charge is 2.30. The van der Waals surface area contributed by atoms with Crippen LogP contribution < -0.4 is 5.32 Å². The van der Waals surface area contributed by atoms with Crippen molar-refractivity contribution in [2.45, 2.75) is 38.8 Å². The second-order valence-corrected chi connectivity index (χ2v) is 6.08. The van der Waals surface area contributed by atoms with Crippen LogP contribution in [0.25, 0.3) is 0 Å². The first kappa shape index (κ1) is 17.4. The van der Waals surface area contributed by atoms with Crippen LogP contribution in [0.4, 0.5) is 4.39 Å². The minimum Gasteiger partial charge on any atom is -0.388 e. The van der Waals surface area contributed by atoms with Gasteiger partial charge < -0.3 is 15.3 Å². The summed E-state index contributed by atoms with van der Waals surface area (Å²) in [6, 6.07) is 5.33. The van der Waals surface area contributed by atoms with Crippen molar-refractivity contribution in [3.63, 3.8) is 0 Å². The van der Waals surface area contributed by atoms with Gasteiger partial charge in [-0.25, -0.2) is 4.39 Å². The van der Waals surface area contributed by atoms with Crippen LogP contribution in [0.2, 0.25) is 0 Å². The molecule has 1 aromatic carbocycles. The second-order valence-electron chi connectivity index (χ2n) is 6.08. The molecule has 1 saturated heterocycles. The molecule has 5 nitrogen and oxygen atoms in total. The average Bonchev–Trinajstić information content (AvgIpc) is 2.53. The number of aliphatic hydroxyl groups is 1. The van der Waals surface area contributed by atoms with Crippen LogP contribution in [-0.2, 0) is 9.59 Å². The first-order valence-electron chi connectivity index (χ1n) is 7.88. The third-order valence-electron chi connectivity index (χ3n) is 4.30. The number of carbonyl (C=O) groups is 2. The summed E-state index contributed by atoms with van der Waals surface area (Å²) in [5, 5.41) is 13.0. The quantitative estimate of drug-likeness (QED) is 0.885. The number of hydrogen-bond acceptors (Lipinski definition) is 3. The fourth-order valence-electron chi connectivity index (χ4n) is 3.01. The minimum atomic E-state index is -0.652. The zero-order chi connectivity index (χ0) is 17.0. The molecule has 2 unspecified atom stereocenters. The number of carbonyl (C=O) groups excluding carboxylic acids is 2. The van der Waals surface area contributed by atoms with Gasteiger partial charge in [-0.05, 0) is 43.4 Å². The molecule has 2 rings (SSSR count). The van der Waals surface area contributed by atoms with Gasteiger partial charge in [-0.2, -0.15) is 0 Å². The van der Waals surface area contributed by atoms with Crippen LogP contribution in [0.5, 0.6) is 0 Å². The summed E-state index contributed by atoms with van der Waals surface area (Å²) in [6.45, 7) is 4.15. The Morgan fingerprint density at radius 1 is 1.26 bits per heavy atom. The van der Waals surface area contributed by atoms with Crippen molar-refractivity contribution in [1.82, 2.24) is 10.2 Å². The molecular weight excluding hydrogens is 299 g/mol. The van der Waals surface area contributed by atoms with E-state index in [1.165, 1.54) is 19.1 Å². The van der Waals surface area contributed by atoms with Gasteiger partial charge in [0.1, 0.15) is 11.9 Å². The van der Waals surface area contributed by atoms with E-state index in [0.717, 1.165) is 0 Å². The predicted octanol–water partition coefficient (Wildman–Crippen LogP) is 1.62. The highest BCUT2D eigenvalue weighted by atomic mass is 19.1. The fraction of sp³-hybridized carbons (Fsp3) is 0.529. The lowest BCUT2D eigenvalue weighted by molar-refractivity contribution is -0.137. The Bertz CT molecular complexity index is 553. The van der Waals surface area contributed by atoms with Crippen LogP contribution in [0, 0.1) is 11.7 Å². The molecule has 0 aromatic heterocycles. The maximum absolute atomic E-state index is 12.9. The summed E-state index contributed by atoms with van der Waals surface area (Å²) in [4.78, 5) is 25.0. The lowest BCUT2D eigenvalue weighted by atomic mass is 9.87. The van der Waals surface area contributed by atoms with Crippen molar-refractivity contribution < 1.29 is 19.1 Å². The molecule has 6 heteroatoms. The van der Waals surface area contributed by atoms with E-state index in [9.17, 15) is 19.1 Å². The molecular formula is C17H23FN2O3.